The molecule has 0 atom stereocenters. The highest BCUT2D eigenvalue weighted by Crippen LogP contribution is 2.12. The number of hydrogen-bond acceptors (Lipinski definition) is 2. The van der Waals surface area contributed by atoms with Crippen LogP contribution in [-0.2, 0) is 11.2 Å². The minimum absolute atomic E-state index is 0.185. The molecular weight excluding hydrogens is 176 g/mol. The fourth-order valence-corrected chi connectivity index (χ4v) is 1.20. The Balaban J connectivity index is 2.59. The second-order valence-electron chi connectivity index (χ2n) is 3.06. The highest BCUT2D eigenvalue weighted by molar-refractivity contribution is 5.82. The smallest absolute Gasteiger partial charge is 0.140 e. The van der Waals surface area contributed by atoms with Crippen molar-refractivity contribution in [2.24, 2.45) is 0 Å². The van der Waals surface area contributed by atoms with Crippen molar-refractivity contribution < 1.29 is 9.53 Å². The number of carbonyl (C=O) groups is 1. The zero-order valence-electron chi connectivity index (χ0n) is 8.32. The van der Waals surface area contributed by atoms with Gasteiger partial charge in [0.15, 0.2) is 0 Å². The molecule has 0 unspecified atom stereocenters. The summed E-state index contributed by atoms with van der Waals surface area (Å²) in [6.45, 7) is 3.53. The van der Waals surface area contributed by atoms with Gasteiger partial charge in [0, 0.05) is 12.8 Å². The first-order valence-electron chi connectivity index (χ1n) is 4.52. The highest BCUT2D eigenvalue weighted by atomic mass is 16.5. The van der Waals surface area contributed by atoms with E-state index in [2.05, 4.69) is 6.58 Å². The fraction of sp³-hybridized carbons (Fsp3) is 0.250. The first kappa shape index (κ1) is 10.5. The molecule has 0 aliphatic heterocycles. The normalized spacial score (nSPS) is 9.50. The molecule has 0 aromatic heterocycles. The van der Waals surface area contributed by atoms with Crippen LogP contribution in [0.2, 0.25) is 0 Å². The standard InChI is InChI=1S/C12H14O2/c1-3-4-11(13)9-10-5-7-12(14-2)8-6-10/h3,5-8H,1,4,9H2,2H3. The summed E-state index contributed by atoms with van der Waals surface area (Å²) in [4.78, 5) is 11.3. The molecule has 0 fully saturated rings. The largest absolute Gasteiger partial charge is 0.497 e. The van der Waals surface area contributed by atoms with Crippen molar-refractivity contribution in [3.63, 3.8) is 0 Å². The van der Waals surface area contributed by atoms with Crippen LogP contribution in [0.3, 0.4) is 0 Å². The maximum Gasteiger partial charge on any atom is 0.140 e. The van der Waals surface area contributed by atoms with Gasteiger partial charge < -0.3 is 4.74 Å². The van der Waals surface area contributed by atoms with Gasteiger partial charge in [-0.25, -0.2) is 0 Å². The lowest BCUT2D eigenvalue weighted by Crippen LogP contribution is -2.00. The lowest BCUT2D eigenvalue weighted by atomic mass is 10.1. The van der Waals surface area contributed by atoms with Gasteiger partial charge in [0.2, 0.25) is 0 Å². The molecule has 0 saturated carbocycles. The topological polar surface area (TPSA) is 26.3 Å². The van der Waals surface area contributed by atoms with Crippen LogP contribution in [0.25, 0.3) is 0 Å². The maximum absolute atomic E-state index is 11.3. The van der Waals surface area contributed by atoms with Crippen LogP contribution in [0.4, 0.5) is 0 Å². The van der Waals surface area contributed by atoms with Crippen LogP contribution in [0, 0.1) is 0 Å². The van der Waals surface area contributed by atoms with Crippen molar-refractivity contribution in [1.82, 2.24) is 0 Å². The summed E-state index contributed by atoms with van der Waals surface area (Å²) >= 11 is 0. The molecule has 0 bridgehead atoms. The number of ether oxygens (including phenoxy) is 1. The predicted molar refractivity (Wildman–Crippen MR) is 56.5 cm³/mol. The number of carbonyl (C=O) groups excluding carboxylic acids is 1. The van der Waals surface area contributed by atoms with Gasteiger partial charge in [0.25, 0.3) is 0 Å². The Morgan fingerprint density at radius 1 is 1.43 bits per heavy atom. The molecule has 0 amide bonds. The van der Waals surface area contributed by atoms with E-state index < -0.39 is 0 Å². The van der Waals surface area contributed by atoms with E-state index in [1.165, 1.54) is 0 Å². The number of Topliss-reactive ketones (excluding diaryl/α,β-unsaturated/α-hetero) is 1. The first-order chi connectivity index (χ1) is 6.76. The third-order valence-electron chi connectivity index (χ3n) is 1.93. The molecule has 0 N–H and O–H groups in total. The zero-order valence-corrected chi connectivity index (χ0v) is 8.32. The first-order valence-corrected chi connectivity index (χ1v) is 4.52. The number of hydrogen-bond donors (Lipinski definition) is 0. The summed E-state index contributed by atoms with van der Waals surface area (Å²) in [6.07, 6.45) is 2.54. The Kier molecular flexibility index (Phi) is 3.92. The number of rotatable bonds is 5. The fourth-order valence-electron chi connectivity index (χ4n) is 1.20. The van der Waals surface area contributed by atoms with Crippen molar-refractivity contribution in [2.45, 2.75) is 12.8 Å². The monoisotopic (exact) mass is 190 g/mol. The van der Waals surface area contributed by atoms with Crippen molar-refractivity contribution in [2.75, 3.05) is 7.11 Å². The zero-order chi connectivity index (χ0) is 10.4. The van der Waals surface area contributed by atoms with E-state index in [0.29, 0.717) is 12.8 Å². The molecule has 0 spiro atoms. The second-order valence-corrected chi connectivity index (χ2v) is 3.06. The summed E-state index contributed by atoms with van der Waals surface area (Å²) in [5.74, 6) is 0.995. The Hall–Kier alpha value is -1.57. The van der Waals surface area contributed by atoms with Crippen LogP contribution >= 0.6 is 0 Å². The molecule has 0 aliphatic rings. The maximum atomic E-state index is 11.3. The minimum atomic E-state index is 0.185. The summed E-state index contributed by atoms with van der Waals surface area (Å²) in [5.41, 5.74) is 1.01. The average molecular weight is 190 g/mol. The van der Waals surface area contributed by atoms with E-state index in [1.807, 2.05) is 24.3 Å². The molecule has 0 aliphatic carbocycles. The molecule has 1 aromatic rings. The van der Waals surface area contributed by atoms with Gasteiger partial charge in [0.1, 0.15) is 11.5 Å². The van der Waals surface area contributed by atoms with Gasteiger partial charge in [-0.15, -0.1) is 6.58 Å². The average Bonchev–Trinajstić information content (AvgIpc) is 2.19. The lowest BCUT2D eigenvalue weighted by Gasteiger charge is -2.01. The number of benzene rings is 1. The Bertz CT molecular complexity index is 312. The molecule has 0 heterocycles. The lowest BCUT2D eigenvalue weighted by molar-refractivity contribution is -0.117. The molecule has 2 heteroatoms. The van der Waals surface area contributed by atoms with Gasteiger partial charge >= 0.3 is 0 Å². The summed E-state index contributed by atoms with van der Waals surface area (Å²) in [7, 11) is 1.62. The molecule has 14 heavy (non-hydrogen) atoms. The van der Waals surface area contributed by atoms with Gasteiger partial charge in [0.05, 0.1) is 7.11 Å². The minimum Gasteiger partial charge on any atom is -0.497 e. The van der Waals surface area contributed by atoms with E-state index in [-0.39, 0.29) is 5.78 Å². The second kappa shape index (κ2) is 5.22. The van der Waals surface area contributed by atoms with Crippen LogP contribution < -0.4 is 4.74 Å². The van der Waals surface area contributed by atoms with Crippen molar-refractivity contribution >= 4 is 5.78 Å². The van der Waals surface area contributed by atoms with Crippen molar-refractivity contribution in [3.8, 4) is 5.75 Å². The van der Waals surface area contributed by atoms with E-state index in [9.17, 15) is 4.79 Å². The predicted octanol–water partition coefficient (Wildman–Crippen LogP) is 2.38. The Labute approximate surface area is 84.2 Å². The molecule has 74 valence electrons. The summed E-state index contributed by atoms with van der Waals surface area (Å²) in [6, 6.07) is 7.52. The third kappa shape index (κ3) is 3.05. The summed E-state index contributed by atoms with van der Waals surface area (Å²) in [5, 5.41) is 0. The Morgan fingerprint density at radius 2 is 2.07 bits per heavy atom. The quantitative estimate of drug-likeness (QED) is 0.666. The van der Waals surface area contributed by atoms with Gasteiger partial charge in [-0.2, -0.15) is 0 Å². The molecule has 1 rings (SSSR count). The van der Waals surface area contributed by atoms with Gasteiger partial charge in [-0.1, -0.05) is 18.2 Å². The van der Waals surface area contributed by atoms with E-state index >= 15 is 0 Å². The van der Waals surface area contributed by atoms with Crippen LogP contribution in [0.1, 0.15) is 12.0 Å². The number of methoxy groups -OCH3 is 1. The van der Waals surface area contributed by atoms with E-state index in [0.717, 1.165) is 11.3 Å². The van der Waals surface area contributed by atoms with E-state index in [4.69, 9.17) is 4.74 Å². The number of allylic oxidation sites excluding steroid dienone is 1. The van der Waals surface area contributed by atoms with Crippen LogP contribution in [-0.4, -0.2) is 12.9 Å². The van der Waals surface area contributed by atoms with Crippen molar-refractivity contribution in [3.05, 3.63) is 42.5 Å². The molecule has 1 aromatic carbocycles. The number of ketones is 1. The SMILES string of the molecule is C=CCC(=O)Cc1ccc(OC)cc1. The van der Waals surface area contributed by atoms with Crippen LogP contribution in [0.5, 0.6) is 5.75 Å². The molecule has 0 radical (unpaired) electrons. The molecular formula is C12H14O2. The van der Waals surface area contributed by atoms with Gasteiger partial charge in [-0.05, 0) is 17.7 Å². The van der Waals surface area contributed by atoms with Gasteiger partial charge in [-0.3, -0.25) is 4.79 Å². The van der Waals surface area contributed by atoms with Crippen molar-refractivity contribution in [1.29, 1.82) is 0 Å². The highest BCUT2D eigenvalue weighted by Gasteiger charge is 2.01. The van der Waals surface area contributed by atoms with Crippen LogP contribution in [0.15, 0.2) is 36.9 Å². The van der Waals surface area contributed by atoms with E-state index in [1.54, 1.807) is 13.2 Å². The molecule has 2 nitrogen and oxygen atoms in total. The Morgan fingerprint density at radius 3 is 2.57 bits per heavy atom. The molecule has 0 saturated heterocycles. The third-order valence-corrected chi connectivity index (χ3v) is 1.93. The summed E-state index contributed by atoms with van der Waals surface area (Å²) < 4.78 is 5.02.